The number of carbonyl (C=O) groups is 1. The van der Waals surface area contributed by atoms with Gasteiger partial charge in [-0.25, -0.2) is 0 Å². The molecule has 0 aliphatic carbocycles. The smallest absolute Gasteiger partial charge is 0.150 e. The van der Waals surface area contributed by atoms with Crippen molar-refractivity contribution in [3.05, 3.63) is 0 Å². The number of ketones is 1. The second-order valence-corrected chi connectivity index (χ2v) is 3.90. The third-order valence-corrected chi connectivity index (χ3v) is 2.87. The van der Waals surface area contributed by atoms with Gasteiger partial charge in [0.1, 0.15) is 11.2 Å². The number of hydrogen-bond donors (Lipinski definition) is 0. The van der Waals surface area contributed by atoms with Crippen LogP contribution in [0.2, 0.25) is 0 Å². The lowest BCUT2D eigenvalue weighted by Gasteiger charge is -2.28. The summed E-state index contributed by atoms with van der Waals surface area (Å²) in [4.78, 5) is 11.2. The maximum atomic E-state index is 11.2. The van der Waals surface area contributed by atoms with Crippen LogP contribution in [0.1, 0.15) is 34.6 Å². The van der Waals surface area contributed by atoms with Crippen molar-refractivity contribution >= 4 is 5.78 Å². The van der Waals surface area contributed by atoms with Crippen LogP contribution in [0.3, 0.4) is 0 Å². The molecule has 2 atom stereocenters. The van der Waals surface area contributed by atoms with Crippen molar-refractivity contribution in [2.75, 3.05) is 0 Å². The van der Waals surface area contributed by atoms with E-state index in [-0.39, 0.29) is 11.7 Å². The Bertz CT molecular complexity index is 214. The minimum absolute atomic E-state index is 0.0359. The van der Waals surface area contributed by atoms with E-state index in [1.165, 1.54) is 6.92 Å². The summed E-state index contributed by atoms with van der Waals surface area (Å²) in [5.74, 6) is 0.435. The molecule has 2 heteroatoms. The van der Waals surface area contributed by atoms with E-state index < -0.39 is 5.41 Å². The molecule has 0 saturated heterocycles. The number of hydrogen-bond acceptors (Lipinski definition) is 2. The van der Waals surface area contributed by atoms with Gasteiger partial charge in [0.15, 0.2) is 0 Å². The van der Waals surface area contributed by atoms with Gasteiger partial charge in [-0.2, -0.15) is 5.26 Å². The van der Waals surface area contributed by atoms with Crippen molar-refractivity contribution < 1.29 is 4.79 Å². The van der Waals surface area contributed by atoms with E-state index in [0.29, 0.717) is 5.92 Å². The lowest BCUT2D eigenvalue weighted by Crippen LogP contribution is -2.34. The molecule has 0 rings (SSSR count). The summed E-state index contributed by atoms with van der Waals surface area (Å²) in [7, 11) is 0. The first-order valence-electron chi connectivity index (χ1n) is 4.28. The first-order chi connectivity index (χ1) is 5.36. The van der Waals surface area contributed by atoms with Gasteiger partial charge in [0.25, 0.3) is 0 Å². The fraction of sp³-hybridized carbons (Fsp3) is 0.800. The van der Waals surface area contributed by atoms with E-state index >= 15 is 0 Å². The van der Waals surface area contributed by atoms with Crippen molar-refractivity contribution in [2.45, 2.75) is 34.6 Å². The Labute approximate surface area is 74.6 Å². The highest BCUT2D eigenvalue weighted by molar-refractivity contribution is 5.85. The zero-order valence-electron chi connectivity index (χ0n) is 8.51. The average Bonchev–Trinajstić information content (AvgIpc) is 2.01. The van der Waals surface area contributed by atoms with E-state index in [2.05, 4.69) is 6.07 Å². The predicted molar refractivity (Wildman–Crippen MR) is 48.4 cm³/mol. The van der Waals surface area contributed by atoms with Crippen LogP contribution >= 0.6 is 0 Å². The van der Waals surface area contributed by atoms with Crippen LogP contribution in [0.5, 0.6) is 0 Å². The largest absolute Gasteiger partial charge is 0.298 e. The van der Waals surface area contributed by atoms with E-state index in [9.17, 15) is 4.79 Å². The van der Waals surface area contributed by atoms with Crippen molar-refractivity contribution in [1.29, 1.82) is 5.26 Å². The number of rotatable bonds is 3. The predicted octanol–water partition coefficient (Wildman–Crippen LogP) is 2.40. The minimum atomic E-state index is -0.811. The second kappa shape index (κ2) is 3.71. The summed E-state index contributed by atoms with van der Waals surface area (Å²) in [6.07, 6.45) is 0. The van der Waals surface area contributed by atoms with Gasteiger partial charge >= 0.3 is 0 Å². The van der Waals surface area contributed by atoms with Crippen molar-refractivity contribution in [3.63, 3.8) is 0 Å². The summed E-state index contributed by atoms with van der Waals surface area (Å²) in [5, 5.41) is 8.90. The number of carbonyl (C=O) groups excluding carboxylic acids is 1. The SMILES string of the molecule is CC(=O)C(C)(C#N)C(C)C(C)C. The first-order valence-corrected chi connectivity index (χ1v) is 4.28. The van der Waals surface area contributed by atoms with Gasteiger partial charge in [0, 0.05) is 0 Å². The Hall–Kier alpha value is -0.840. The molecule has 2 nitrogen and oxygen atoms in total. The van der Waals surface area contributed by atoms with Crippen molar-refractivity contribution in [1.82, 2.24) is 0 Å². The van der Waals surface area contributed by atoms with Gasteiger partial charge in [-0.05, 0) is 25.7 Å². The summed E-state index contributed by atoms with van der Waals surface area (Å²) >= 11 is 0. The monoisotopic (exact) mass is 167 g/mol. The highest BCUT2D eigenvalue weighted by Gasteiger charge is 2.37. The minimum Gasteiger partial charge on any atom is -0.298 e. The Morgan fingerprint density at radius 1 is 1.42 bits per heavy atom. The van der Waals surface area contributed by atoms with Crippen LogP contribution in [0.25, 0.3) is 0 Å². The van der Waals surface area contributed by atoms with Crippen LogP contribution < -0.4 is 0 Å². The second-order valence-electron chi connectivity index (χ2n) is 3.90. The third-order valence-electron chi connectivity index (χ3n) is 2.87. The summed E-state index contributed by atoms with van der Waals surface area (Å²) in [6, 6.07) is 2.11. The molecule has 0 N–H and O–H groups in total. The standard InChI is InChI=1S/C10H17NO/c1-7(2)8(3)10(5,6-11)9(4)12/h7-8H,1-5H3. The third kappa shape index (κ3) is 1.85. The molecule has 0 radical (unpaired) electrons. The molecule has 0 aromatic carbocycles. The summed E-state index contributed by atoms with van der Waals surface area (Å²) in [5.41, 5.74) is -0.811. The van der Waals surface area contributed by atoms with E-state index in [4.69, 9.17) is 5.26 Å². The van der Waals surface area contributed by atoms with Gasteiger partial charge in [-0.15, -0.1) is 0 Å². The van der Waals surface area contributed by atoms with Crippen LogP contribution in [-0.4, -0.2) is 5.78 Å². The molecule has 68 valence electrons. The van der Waals surface area contributed by atoms with E-state index in [0.717, 1.165) is 0 Å². The molecule has 0 fully saturated rings. The molecule has 12 heavy (non-hydrogen) atoms. The zero-order valence-corrected chi connectivity index (χ0v) is 8.51. The molecule has 2 unspecified atom stereocenters. The quantitative estimate of drug-likeness (QED) is 0.647. The Morgan fingerprint density at radius 2 is 1.83 bits per heavy atom. The molecule has 0 bridgehead atoms. The molecule has 0 aliphatic heterocycles. The Morgan fingerprint density at radius 3 is 1.92 bits per heavy atom. The molecule has 0 aliphatic rings. The van der Waals surface area contributed by atoms with Crippen LogP contribution in [0, 0.1) is 28.6 Å². The average molecular weight is 167 g/mol. The normalized spacial score (nSPS) is 18.1. The Balaban J connectivity index is 4.79. The summed E-state index contributed by atoms with van der Waals surface area (Å²) < 4.78 is 0. The highest BCUT2D eigenvalue weighted by atomic mass is 16.1. The fourth-order valence-corrected chi connectivity index (χ4v) is 1.17. The van der Waals surface area contributed by atoms with E-state index in [1.54, 1.807) is 6.92 Å². The number of nitrogens with zero attached hydrogens (tertiary/aromatic N) is 1. The molecular weight excluding hydrogens is 150 g/mol. The van der Waals surface area contributed by atoms with Gasteiger partial charge in [0.2, 0.25) is 0 Å². The molecular formula is C10H17NO. The Kier molecular flexibility index (Phi) is 3.45. The number of nitriles is 1. The topological polar surface area (TPSA) is 40.9 Å². The van der Waals surface area contributed by atoms with Gasteiger partial charge in [-0.3, -0.25) is 4.79 Å². The first kappa shape index (κ1) is 11.2. The molecule has 0 aromatic rings. The molecule has 0 spiro atoms. The summed E-state index contributed by atoms with van der Waals surface area (Å²) in [6.45, 7) is 9.23. The van der Waals surface area contributed by atoms with Gasteiger partial charge in [-0.1, -0.05) is 20.8 Å². The van der Waals surface area contributed by atoms with Crippen molar-refractivity contribution in [3.8, 4) is 6.07 Å². The zero-order chi connectivity index (χ0) is 9.94. The van der Waals surface area contributed by atoms with Crippen molar-refractivity contribution in [2.24, 2.45) is 17.3 Å². The van der Waals surface area contributed by atoms with Gasteiger partial charge in [0.05, 0.1) is 6.07 Å². The molecule has 0 heterocycles. The lowest BCUT2D eigenvalue weighted by molar-refractivity contribution is -0.125. The molecule has 0 saturated carbocycles. The lowest BCUT2D eigenvalue weighted by atomic mass is 9.71. The highest BCUT2D eigenvalue weighted by Crippen LogP contribution is 2.32. The van der Waals surface area contributed by atoms with Crippen LogP contribution in [0.15, 0.2) is 0 Å². The molecule has 0 aromatic heterocycles. The van der Waals surface area contributed by atoms with E-state index in [1.807, 2.05) is 20.8 Å². The molecule has 0 amide bonds. The van der Waals surface area contributed by atoms with Crippen LogP contribution in [0.4, 0.5) is 0 Å². The number of Topliss-reactive ketones (excluding diaryl/α,β-unsaturated/α-hetero) is 1. The van der Waals surface area contributed by atoms with Crippen LogP contribution in [-0.2, 0) is 4.79 Å². The fourth-order valence-electron chi connectivity index (χ4n) is 1.17. The van der Waals surface area contributed by atoms with Gasteiger partial charge < -0.3 is 0 Å². The maximum absolute atomic E-state index is 11.2. The maximum Gasteiger partial charge on any atom is 0.150 e.